The van der Waals surface area contributed by atoms with Gasteiger partial charge in [0, 0.05) is 0 Å². The fraction of sp³-hybridized carbons (Fsp3) is 1.00. The molecule has 7 heteroatoms. The third-order valence-corrected chi connectivity index (χ3v) is 8.25. The molecule has 19 heavy (non-hydrogen) atoms. The summed E-state index contributed by atoms with van der Waals surface area (Å²) in [7, 11) is 14.3. The van der Waals surface area contributed by atoms with Crippen LogP contribution in [-0.4, -0.2) is 101 Å². The summed E-state index contributed by atoms with van der Waals surface area (Å²) >= 11 is 0. The van der Waals surface area contributed by atoms with Crippen LogP contribution in [0.1, 0.15) is 0 Å². The van der Waals surface area contributed by atoms with Crippen molar-refractivity contribution in [2.24, 2.45) is 0 Å². The Labute approximate surface area is 119 Å². The number of ether oxygens (including phenoxy) is 2. The Morgan fingerprint density at radius 2 is 1.00 bits per heavy atom. The minimum atomic E-state index is -2.06. The van der Waals surface area contributed by atoms with Crippen LogP contribution in [0.15, 0.2) is 0 Å². The molecule has 0 spiro atoms. The zero-order valence-corrected chi connectivity index (χ0v) is 14.9. The van der Waals surface area contributed by atoms with Crippen LogP contribution in [0.2, 0.25) is 0 Å². The van der Waals surface area contributed by atoms with Crippen molar-refractivity contribution in [3.05, 3.63) is 0 Å². The van der Waals surface area contributed by atoms with Gasteiger partial charge in [-0.1, -0.05) is 0 Å². The third-order valence-electron chi connectivity index (χ3n) is 3.35. The van der Waals surface area contributed by atoms with E-state index >= 15 is 0 Å². The SMILES string of the molecule is COCCN(CCOC)[PH](N(C)C)(N(C)C)N(C)C. The molecule has 0 saturated carbocycles. The fourth-order valence-electron chi connectivity index (χ4n) is 2.86. The van der Waals surface area contributed by atoms with E-state index in [1.165, 1.54) is 0 Å². The van der Waals surface area contributed by atoms with Crippen LogP contribution < -0.4 is 0 Å². The summed E-state index contributed by atoms with van der Waals surface area (Å²) in [5, 5.41) is 0. The van der Waals surface area contributed by atoms with Gasteiger partial charge in [0.25, 0.3) is 0 Å². The molecule has 118 valence electrons. The monoisotopic (exact) mass is 296 g/mol. The van der Waals surface area contributed by atoms with E-state index in [2.05, 4.69) is 61.0 Å². The first-order chi connectivity index (χ1) is 8.85. The van der Waals surface area contributed by atoms with Gasteiger partial charge in [-0.15, -0.1) is 0 Å². The molecule has 0 heterocycles. The van der Waals surface area contributed by atoms with Crippen LogP contribution in [-0.2, 0) is 9.47 Å². The van der Waals surface area contributed by atoms with Crippen molar-refractivity contribution in [3.8, 4) is 0 Å². The van der Waals surface area contributed by atoms with Gasteiger partial charge in [-0.3, -0.25) is 0 Å². The molecule has 0 atom stereocenters. The number of rotatable bonds is 10. The second-order valence-corrected chi connectivity index (χ2v) is 9.77. The molecule has 0 radical (unpaired) electrons. The van der Waals surface area contributed by atoms with E-state index in [-0.39, 0.29) is 0 Å². The summed E-state index contributed by atoms with van der Waals surface area (Å²) in [6.45, 7) is 3.27. The molecule has 0 aromatic carbocycles. The molecular formula is C12H33N4O2P. The van der Waals surface area contributed by atoms with Gasteiger partial charge < -0.3 is 0 Å². The number of nitrogens with zero attached hydrogens (tertiary/aromatic N) is 4. The van der Waals surface area contributed by atoms with Crippen molar-refractivity contribution in [1.29, 1.82) is 0 Å². The topological polar surface area (TPSA) is 31.4 Å². The van der Waals surface area contributed by atoms with E-state index in [0.717, 1.165) is 26.3 Å². The molecule has 0 aliphatic heterocycles. The first-order valence-electron chi connectivity index (χ1n) is 6.60. The third kappa shape index (κ3) is 4.60. The van der Waals surface area contributed by atoms with Gasteiger partial charge in [0.2, 0.25) is 0 Å². The Hall–Kier alpha value is 0.190. The molecule has 0 N–H and O–H groups in total. The Kier molecular flexibility index (Phi) is 9.28. The molecule has 0 saturated heterocycles. The van der Waals surface area contributed by atoms with Crippen molar-refractivity contribution in [2.45, 2.75) is 0 Å². The van der Waals surface area contributed by atoms with E-state index < -0.39 is 7.87 Å². The predicted octanol–water partition coefficient (Wildman–Crippen LogP) is 0.676. The normalized spacial score (nSPS) is 14.1. The fourth-order valence-corrected chi connectivity index (χ4v) is 7.74. The van der Waals surface area contributed by atoms with Gasteiger partial charge in [0.05, 0.1) is 0 Å². The van der Waals surface area contributed by atoms with Crippen LogP contribution >= 0.6 is 7.87 Å². The number of methoxy groups -OCH3 is 2. The Bertz CT molecular complexity index is 210. The molecule has 0 aromatic heterocycles. The average molecular weight is 296 g/mol. The molecule has 0 fully saturated rings. The Balaban J connectivity index is 5.31. The van der Waals surface area contributed by atoms with Gasteiger partial charge in [-0.2, -0.15) is 0 Å². The van der Waals surface area contributed by atoms with E-state index in [4.69, 9.17) is 9.47 Å². The number of hydrogen-bond acceptors (Lipinski definition) is 6. The van der Waals surface area contributed by atoms with Gasteiger partial charge in [0.1, 0.15) is 0 Å². The summed E-state index contributed by atoms with van der Waals surface area (Å²) in [4.78, 5) is 0. The van der Waals surface area contributed by atoms with Gasteiger partial charge in [0.15, 0.2) is 0 Å². The van der Waals surface area contributed by atoms with Crippen LogP contribution in [0.25, 0.3) is 0 Å². The van der Waals surface area contributed by atoms with Crippen molar-refractivity contribution in [2.75, 3.05) is 82.8 Å². The Morgan fingerprint density at radius 1 is 0.684 bits per heavy atom. The summed E-state index contributed by atoms with van der Waals surface area (Å²) in [5.74, 6) is 0. The van der Waals surface area contributed by atoms with Crippen LogP contribution in [0.4, 0.5) is 0 Å². The predicted molar refractivity (Wildman–Crippen MR) is 84.7 cm³/mol. The van der Waals surface area contributed by atoms with E-state index in [1.807, 2.05) is 0 Å². The van der Waals surface area contributed by atoms with Crippen molar-refractivity contribution < 1.29 is 9.47 Å². The summed E-state index contributed by atoms with van der Waals surface area (Å²) in [6.07, 6.45) is 0. The van der Waals surface area contributed by atoms with Crippen LogP contribution in [0.5, 0.6) is 0 Å². The molecule has 0 rings (SSSR count). The standard InChI is InChI=1S/C12H33N4O2P/c1-13(2)19(14(3)4,15(5)6)16(9-11-17-7)10-12-18-8/h19H,9-12H2,1-8H3. The van der Waals surface area contributed by atoms with Crippen molar-refractivity contribution in [3.63, 3.8) is 0 Å². The minimum absolute atomic E-state index is 0.730. The molecule has 0 aliphatic carbocycles. The van der Waals surface area contributed by atoms with E-state index in [0.29, 0.717) is 0 Å². The molecule has 0 aliphatic rings. The van der Waals surface area contributed by atoms with Crippen LogP contribution in [0.3, 0.4) is 0 Å². The molecule has 0 aromatic rings. The van der Waals surface area contributed by atoms with E-state index in [1.54, 1.807) is 14.2 Å². The summed E-state index contributed by atoms with van der Waals surface area (Å²) in [5.41, 5.74) is 0. The van der Waals surface area contributed by atoms with Crippen molar-refractivity contribution >= 4 is 7.87 Å². The average Bonchev–Trinajstić information content (AvgIpc) is 2.31. The summed E-state index contributed by atoms with van der Waals surface area (Å²) < 4.78 is 20.1. The zero-order valence-electron chi connectivity index (χ0n) is 13.9. The molecule has 0 unspecified atom stereocenters. The second-order valence-electron chi connectivity index (χ2n) is 5.26. The maximum atomic E-state index is 5.27. The first-order valence-corrected chi connectivity index (χ1v) is 8.39. The maximum absolute atomic E-state index is 5.27. The van der Waals surface area contributed by atoms with Crippen LogP contribution in [0, 0.1) is 0 Å². The van der Waals surface area contributed by atoms with Gasteiger partial charge in [-0.05, 0) is 0 Å². The second kappa shape index (κ2) is 9.19. The summed E-state index contributed by atoms with van der Waals surface area (Å²) in [6, 6.07) is 0. The van der Waals surface area contributed by atoms with E-state index in [9.17, 15) is 0 Å². The molecular weight excluding hydrogens is 263 g/mol. The quantitative estimate of drug-likeness (QED) is 0.551. The number of hydrogen-bond donors (Lipinski definition) is 0. The van der Waals surface area contributed by atoms with Gasteiger partial charge >= 0.3 is 119 Å². The molecule has 0 amide bonds. The molecule has 0 bridgehead atoms. The zero-order chi connectivity index (χ0) is 15.1. The van der Waals surface area contributed by atoms with Gasteiger partial charge in [-0.25, -0.2) is 0 Å². The Morgan fingerprint density at radius 3 is 1.21 bits per heavy atom. The first kappa shape index (κ1) is 19.2. The van der Waals surface area contributed by atoms with Crippen molar-refractivity contribution in [1.82, 2.24) is 18.7 Å². The molecule has 6 nitrogen and oxygen atoms in total.